The predicted octanol–water partition coefficient (Wildman–Crippen LogP) is 1.73. The first-order valence-electron chi connectivity index (χ1n) is 6.63. The van der Waals surface area contributed by atoms with Crippen LogP contribution in [0, 0.1) is 0 Å². The van der Waals surface area contributed by atoms with Crippen LogP contribution in [0.1, 0.15) is 10.6 Å². The first kappa shape index (κ1) is 14.4. The minimum atomic E-state index is -0.0415. The first-order valence-corrected chi connectivity index (χ1v) is 8.30. The van der Waals surface area contributed by atoms with Crippen molar-refractivity contribution in [2.24, 2.45) is 0 Å². The molecule has 0 fully saturated rings. The Hall–Kier alpha value is -1.50. The Balaban J connectivity index is 1.84. The molecule has 21 heavy (non-hydrogen) atoms. The molecule has 0 aliphatic carbocycles. The summed E-state index contributed by atoms with van der Waals surface area (Å²) in [5, 5.41) is 2.08. The summed E-state index contributed by atoms with van der Waals surface area (Å²) in [5.41, 5.74) is 1.47. The van der Waals surface area contributed by atoms with Crippen LogP contribution < -0.4 is 10.5 Å². The van der Waals surface area contributed by atoms with Crippen LogP contribution in [-0.4, -0.2) is 16.4 Å². The van der Waals surface area contributed by atoms with Gasteiger partial charge in [0, 0.05) is 16.7 Å². The number of aromatic nitrogens is 2. The lowest BCUT2D eigenvalue weighted by atomic mass is 10.3. The molecule has 0 aliphatic rings. The Bertz CT molecular complexity index is 813. The van der Waals surface area contributed by atoms with Gasteiger partial charge in [0.1, 0.15) is 24.4 Å². The second-order valence-corrected chi connectivity index (χ2v) is 7.00. The van der Waals surface area contributed by atoms with Crippen LogP contribution in [-0.2, 0) is 13.1 Å². The second kappa shape index (κ2) is 6.09. The zero-order valence-electron chi connectivity index (χ0n) is 11.5. The van der Waals surface area contributed by atoms with Crippen LogP contribution in [0.15, 0.2) is 51.2 Å². The molecule has 3 heterocycles. The van der Waals surface area contributed by atoms with Crippen LogP contribution in [0.5, 0.6) is 0 Å². The van der Waals surface area contributed by atoms with E-state index in [9.17, 15) is 4.79 Å². The van der Waals surface area contributed by atoms with Gasteiger partial charge in [-0.05, 0) is 39.5 Å². The molecule has 1 atom stereocenters. The van der Waals surface area contributed by atoms with E-state index in [4.69, 9.17) is 0 Å². The van der Waals surface area contributed by atoms with E-state index >= 15 is 0 Å². The molecule has 0 saturated heterocycles. The van der Waals surface area contributed by atoms with Crippen LogP contribution in [0.25, 0.3) is 5.65 Å². The maximum atomic E-state index is 12.1. The molecule has 0 spiro atoms. The van der Waals surface area contributed by atoms with E-state index in [0.717, 1.165) is 23.3 Å². The van der Waals surface area contributed by atoms with Crippen LogP contribution in [0.3, 0.4) is 0 Å². The highest BCUT2D eigenvalue weighted by atomic mass is 79.9. The van der Waals surface area contributed by atoms with Gasteiger partial charge in [-0.2, -0.15) is 0 Å². The molecular weight excluding hydrogens is 350 g/mol. The third kappa shape index (κ3) is 3.40. The van der Waals surface area contributed by atoms with Crippen LogP contribution in [0.2, 0.25) is 0 Å². The molecule has 1 unspecified atom stereocenters. The molecule has 6 heteroatoms. The number of fused-ring (bicyclic) bond motifs is 1. The fraction of sp³-hybridized carbons (Fsp3) is 0.200. The number of hydrogen-bond donors (Lipinski definition) is 1. The Morgan fingerprint density at radius 2 is 2.19 bits per heavy atom. The lowest BCUT2D eigenvalue weighted by molar-refractivity contribution is -0.907. The van der Waals surface area contributed by atoms with Gasteiger partial charge in [-0.3, -0.25) is 9.20 Å². The lowest BCUT2D eigenvalue weighted by Gasteiger charge is -2.12. The number of rotatable bonds is 4. The topological polar surface area (TPSA) is 38.8 Å². The maximum Gasteiger partial charge on any atom is 0.258 e. The quantitative estimate of drug-likeness (QED) is 0.765. The molecule has 0 amide bonds. The summed E-state index contributed by atoms with van der Waals surface area (Å²) in [6.45, 7) is 1.68. The fourth-order valence-corrected chi connectivity index (χ4v) is 3.45. The number of hydrogen-bond acceptors (Lipinski definition) is 3. The van der Waals surface area contributed by atoms with Gasteiger partial charge in [-0.15, -0.1) is 11.3 Å². The number of nitrogens with one attached hydrogen (secondary N) is 1. The standard InChI is InChI=1S/C15H14BrN3OS/c1-18(10-13-3-2-6-21-13)9-12-7-15(20)19-8-11(16)4-5-14(19)17-12/h2-8H,9-10H2,1H3/p+1. The molecule has 0 aromatic carbocycles. The third-order valence-corrected chi connectivity index (χ3v) is 4.56. The summed E-state index contributed by atoms with van der Waals surface area (Å²) in [6, 6.07) is 9.56. The van der Waals surface area contributed by atoms with E-state index in [-0.39, 0.29) is 5.56 Å². The molecule has 1 N–H and O–H groups in total. The minimum Gasteiger partial charge on any atom is -0.328 e. The zero-order valence-corrected chi connectivity index (χ0v) is 13.9. The largest absolute Gasteiger partial charge is 0.328 e. The molecule has 0 bridgehead atoms. The summed E-state index contributed by atoms with van der Waals surface area (Å²) in [6.07, 6.45) is 1.75. The number of pyridine rings is 1. The number of halogens is 1. The van der Waals surface area contributed by atoms with Crippen molar-refractivity contribution < 1.29 is 4.90 Å². The van der Waals surface area contributed by atoms with Gasteiger partial charge < -0.3 is 4.90 Å². The normalized spacial score (nSPS) is 12.7. The Kier molecular flexibility index (Phi) is 4.19. The van der Waals surface area contributed by atoms with Gasteiger partial charge >= 0.3 is 0 Å². The zero-order chi connectivity index (χ0) is 14.8. The molecular formula is C15H15BrN3OS+. The van der Waals surface area contributed by atoms with Crippen molar-refractivity contribution in [3.05, 3.63) is 67.3 Å². The van der Waals surface area contributed by atoms with E-state index < -0.39 is 0 Å². The van der Waals surface area contributed by atoms with Gasteiger partial charge in [-0.1, -0.05) is 6.07 Å². The summed E-state index contributed by atoms with van der Waals surface area (Å²) in [7, 11) is 2.12. The highest BCUT2D eigenvalue weighted by molar-refractivity contribution is 9.10. The molecule has 0 aliphatic heterocycles. The summed E-state index contributed by atoms with van der Waals surface area (Å²) < 4.78 is 2.43. The van der Waals surface area contributed by atoms with Crippen molar-refractivity contribution in [1.29, 1.82) is 0 Å². The van der Waals surface area contributed by atoms with Gasteiger partial charge in [0.25, 0.3) is 5.56 Å². The van der Waals surface area contributed by atoms with Crippen molar-refractivity contribution in [3.8, 4) is 0 Å². The van der Waals surface area contributed by atoms with Crippen LogP contribution in [0.4, 0.5) is 0 Å². The van der Waals surface area contributed by atoms with E-state index in [1.165, 1.54) is 9.78 Å². The number of nitrogens with zero attached hydrogens (tertiary/aromatic N) is 2. The molecule has 0 saturated carbocycles. The molecule has 108 valence electrons. The van der Waals surface area contributed by atoms with Gasteiger partial charge in [0.15, 0.2) is 0 Å². The van der Waals surface area contributed by atoms with E-state index in [2.05, 4.69) is 45.5 Å². The number of thiophene rings is 1. The highest BCUT2D eigenvalue weighted by Crippen LogP contribution is 2.09. The Morgan fingerprint density at radius 3 is 2.95 bits per heavy atom. The Labute approximate surface area is 134 Å². The predicted molar refractivity (Wildman–Crippen MR) is 87.8 cm³/mol. The average Bonchev–Trinajstić information content (AvgIpc) is 2.92. The van der Waals surface area contributed by atoms with Crippen molar-refractivity contribution in [1.82, 2.24) is 9.38 Å². The molecule has 3 aromatic rings. The van der Waals surface area contributed by atoms with Crippen molar-refractivity contribution in [2.45, 2.75) is 13.1 Å². The van der Waals surface area contributed by atoms with Gasteiger partial charge in [0.05, 0.1) is 11.9 Å². The van der Waals surface area contributed by atoms with E-state index in [0.29, 0.717) is 5.65 Å². The summed E-state index contributed by atoms with van der Waals surface area (Å²) in [5.74, 6) is 0. The van der Waals surface area contributed by atoms with Crippen LogP contribution >= 0.6 is 27.3 Å². The maximum absolute atomic E-state index is 12.1. The van der Waals surface area contributed by atoms with E-state index in [1.54, 1.807) is 28.0 Å². The number of quaternary nitrogens is 1. The summed E-state index contributed by atoms with van der Waals surface area (Å²) >= 11 is 5.12. The smallest absolute Gasteiger partial charge is 0.258 e. The Morgan fingerprint density at radius 1 is 1.33 bits per heavy atom. The van der Waals surface area contributed by atoms with Gasteiger partial charge in [0.2, 0.25) is 0 Å². The van der Waals surface area contributed by atoms with Crippen molar-refractivity contribution in [2.75, 3.05) is 7.05 Å². The summed E-state index contributed by atoms with van der Waals surface area (Å²) in [4.78, 5) is 19.4. The third-order valence-electron chi connectivity index (χ3n) is 3.22. The van der Waals surface area contributed by atoms with E-state index in [1.807, 2.05) is 12.1 Å². The molecule has 4 nitrogen and oxygen atoms in total. The SMILES string of the molecule is C[NH+](Cc1cc(=O)n2cc(Br)ccc2n1)Cc1cccs1. The average molecular weight is 365 g/mol. The highest BCUT2D eigenvalue weighted by Gasteiger charge is 2.09. The second-order valence-electron chi connectivity index (χ2n) is 5.05. The lowest BCUT2D eigenvalue weighted by Crippen LogP contribution is -3.06. The monoisotopic (exact) mass is 364 g/mol. The first-order chi connectivity index (χ1) is 10.1. The van der Waals surface area contributed by atoms with Crippen molar-refractivity contribution in [3.63, 3.8) is 0 Å². The molecule has 3 aromatic heterocycles. The molecule has 3 rings (SSSR count). The fourth-order valence-electron chi connectivity index (χ4n) is 2.30. The minimum absolute atomic E-state index is 0.0415. The van der Waals surface area contributed by atoms with Gasteiger partial charge in [-0.25, -0.2) is 4.98 Å². The van der Waals surface area contributed by atoms with Crippen molar-refractivity contribution >= 4 is 32.9 Å². The molecule has 0 radical (unpaired) electrons.